The van der Waals surface area contributed by atoms with E-state index in [4.69, 9.17) is 4.74 Å². The van der Waals surface area contributed by atoms with E-state index in [1.165, 1.54) is 24.8 Å². The molecule has 2 aliphatic carbocycles. The Bertz CT molecular complexity index is 567. The topological polar surface area (TPSA) is 29.5 Å². The first-order valence-corrected chi connectivity index (χ1v) is 9.18. The predicted molar refractivity (Wildman–Crippen MR) is 90.3 cm³/mol. The van der Waals surface area contributed by atoms with Gasteiger partial charge in [-0.3, -0.25) is 4.79 Å². The van der Waals surface area contributed by atoms with Gasteiger partial charge in [-0.1, -0.05) is 24.6 Å². The number of nitrogens with zero attached hydrogens (tertiary/aromatic N) is 1. The van der Waals surface area contributed by atoms with Gasteiger partial charge in [0.15, 0.2) is 0 Å². The van der Waals surface area contributed by atoms with E-state index in [0.29, 0.717) is 17.7 Å². The summed E-state index contributed by atoms with van der Waals surface area (Å²) in [5.41, 5.74) is 1.30. The molecule has 1 aliphatic heterocycles. The first kappa shape index (κ1) is 15.0. The molecule has 0 aromatic heterocycles. The molecule has 3 heteroatoms. The number of methoxy groups -OCH3 is 1. The van der Waals surface area contributed by atoms with Gasteiger partial charge in [-0.15, -0.1) is 0 Å². The Kier molecular flexibility index (Phi) is 4.04. The molecule has 0 spiro atoms. The third-order valence-corrected chi connectivity index (χ3v) is 6.32. The second-order valence-electron chi connectivity index (χ2n) is 7.57. The van der Waals surface area contributed by atoms with Crippen molar-refractivity contribution in [2.45, 2.75) is 38.5 Å². The van der Waals surface area contributed by atoms with Crippen LogP contribution in [0.15, 0.2) is 24.3 Å². The molecule has 1 aromatic carbocycles. The summed E-state index contributed by atoms with van der Waals surface area (Å²) < 4.78 is 5.46. The van der Waals surface area contributed by atoms with Gasteiger partial charge in [0.25, 0.3) is 0 Å². The number of carbonyl (C=O) groups is 1. The van der Waals surface area contributed by atoms with Crippen LogP contribution in [0.2, 0.25) is 0 Å². The predicted octanol–water partition coefficient (Wildman–Crippen LogP) is 3.52. The highest BCUT2D eigenvalue weighted by Crippen LogP contribution is 2.58. The molecule has 0 radical (unpaired) electrons. The van der Waals surface area contributed by atoms with E-state index < -0.39 is 0 Å². The van der Waals surface area contributed by atoms with Crippen molar-refractivity contribution in [3.8, 4) is 5.75 Å². The van der Waals surface area contributed by atoms with Gasteiger partial charge in [0, 0.05) is 19.0 Å². The van der Waals surface area contributed by atoms with Gasteiger partial charge in [0.1, 0.15) is 5.75 Å². The van der Waals surface area contributed by atoms with Crippen LogP contribution in [0.4, 0.5) is 0 Å². The molecule has 1 amide bonds. The van der Waals surface area contributed by atoms with Crippen LogP contribution < -0.4 is 4.74 Å². The van der Waals surface area contributed by atoms with E-state index >= 15 is 0 Å². The lowest BCUT2D eigenvalue weighted by atomic mass is 9.89. The first-order chi connectivity index (χ1) is 11.3. The maximum atomic E-state index is 12.6. The van der Waals surface area contributed by atoms with Gasteiger partial charge < -0.3 is 9.64 Å². The van der Waals surface area contributed by atoms with Gasteiger partial charge in [-0.25, -0.2) is 0 Å². The summed E-state index contributed by atoms with van der Waals surface area (Å²) in [5, 5.41) is 0. The van der Waals surface area contributed by atoms with E-state index in [1.807, 2.05) is 12.1 Å². The molecule has 3 atom stereocenters. The first-order valence-electron chi connectivity index (χ1n) is 9.18. The largest absolute Gasteiger partial charge is 0.496 e. The molecule has 3 aliphatic rings. The lowest BCUT2D eigenvalue weighted by Gasteiger charge is -2.33. The standard InChI is InChI=1S/C20H27NO2/c1-23-18-8-3-2-5-15(18)13-14-9-11-21(12-10-14)20(22)19-16-6-4-7-17(16)19/h2-3,5,8,14,16-17,19H,4,6-7,9-13H2,1H3/t16-,17+,19?. The molecular formula is C20H27NO2. The zero-order chi connectivity index (χ0) is 15.8. The number of amides is 1. The zero-order valence-corrected chi connectivity index (χ0v) is 14.0. The molecule has 1 unspecified atom stereocenters. The third-order valence-electron chi connectivity index (χ3n) is 6.32. The van der Waals surface area contributed by atoms with E-state index in [2.05, 4.69) is 17.0 Å². The summed E-state index contributed by atoms with van der Waals surface area (Å²) in [7, 11) is 1.74. The number of piperidine rings is 1. The van der Waals surface area contributed by atoms with Crippen molar-refractivity contribution in [3.63, 3.8) is 0 Å². The van der Waals surface area contributed by atoms with Crippen molar-refractivity contribution in [2.75, 3.05) is 20.2 Å². The molecule has 3 nitrogen and oxygen atoms in total. The molecule has 124 valence electrons. The minimum absolute atomic E-state index is 0.398. The van der Waals surface area contributed by atoms with E-state index in [1.54, 1.807) is 7.11 Å². The molecule has 0 bridgehead atoms. The fourth-order valence-electron chi connectivity index (χ4n) is 4.94. The summed E-state index contributed by atoms with van der Waals surface area (Å²) in [4.78, 5) is 14.8. The van der Waals surface area contributed by atoms with Crippen molar-refractivity contribution in [1.29, 1.82) is 0 Å². The van der Waals surface area contributed by atoms with Gasteiger partial charge in [-0.05, 0) is 61.5 Å². The Hall–Kier alpha value is -1.51. The average molecular weight is 313 g/mol. The molecule has 1 aromatic rings. The summed E-state index contributed by atoms with van der Waals surface area (Å²) in [6, 6.07) is 8.32. The minimum atomic E-state index is 0.398. The number of carbonyl (C=O) groups excluding carboxylic acids is 1. The van der Waals surface area contributed by atoms with Crippen LogP contribution in [0.5, 0.6) is 5.75 Å². The Morgan fingerprint density at radius 3 is 2.52 bits per heavy atom. The SMILES string of the molecule is COc1ccccc1CC1CCN(C(=O)C2[C@H]3CCC[C@@H]23)CC1. The van der Waals surface area contributed by atoms with Crippen molar-refractivity contribution >= 4 is 5.91 Å². The number of hydrogen-bond acceptors (Lipinski definition) is 2. The number of rotatable bonds is 4. The van der Waals surface area contributed by atoms with Crippen LogP contribution in [-0.2, 0) is 11.2 Å². The molecule has 4 rings (SSSR count). The van der Waals surface area contributed by atoms with Crippen LogP contribution in [0.3, 0.4) is 0 Å². The number of para-hydroxylation sites is 1. The fourth-order valence-corrected chi connectivity index (χ4v) is 4.94. The van der Waals surface area contributed by atoms with Gasteiger partial charge in [-0.2, -0.15) is 0 Å². The number of ether oxygens (including phenoxy) is 1. The van der Waals surface area contributed by atoms with E-state index in [-0.39, 0.29) is 0 Å². The second kappa shape index (κ2) is 6.18. The van der Waals surface area contributed by atoms with Gasteiger partial charge >= 0.3 is 0 Å². The van der Waals surface area contributed by atoms with Crippen molar-refractivity contribution in [1.82, 2.24) is 4.90 Å². The minimum Gasteiger partial charge on any atom is -0.496 e. The second-order valence-corrected chi connectivity index (χ2v) is 7.57. The molecule has 1 saturated heterocycles. The van der Waals surface area contributed by atoms with Crippen LogP contribution in [0, 0.1) is 23.7 Å². The highest BCUT2D eigenvalue weighted by atomic mass is 16.5. The molecule has 0 N–H and O–H groups in total. The van der Waals surface area contributed by atoms with Crippen LogP contribution in [-0.4, -0.2) is 31.0 Å². The third kappa shape index (κ3) is 2.86. The monoisotopic (exact) mass is 313 g/mol. The number of hydrogen-bond donors (Lipinski definition) is 0. The molecule has 1 heterocycles. The lowest BCUT2D eigenvalue weighted by molar-refractivity contribution is -0.134. The maximum Gasteiger partial charge on any atom is 0.226 e. The summed E-state index contributed by atoms with van der Waals surface area (Å²) in [6.45, 7) is 1.91. The highest BCUT2D eigenvalue weighted by Gasteiger charge is 2.57. The number of benzene rings is 1. The van der Waals surface area contributed by atoms with Crippen LogP contribution in [0.25, 0.3) is 0 Å². The summed E-state index contributed by atoms with van der Waals surface area (Å²) in [6.07, 6.45) is 7.27. The number of likely N-dealkylation sites (tertiary alicyclic amines) is 1. The normalized spacial score (nSPS) is 30.1. The quantitative estimate of drug-likeness (QED) is 0.851. The molecule has 23 heavy (non-hydrogen) atoms. The van der Waals surface area contributed by atoms with Crippen LogP contribution >= 0.6 is 0 Å². The summed E-state index contributed by atoms with van der Waals surface area (Å²) in [5.74, 6) is 4.03. The van der Waals surface area contributed by atoms with Gasteiger partial charge in [0.05, 0.1) is 7.11 Å². The smallest absolute Gasteiger partial charge is 0.226 e. The Morgan fingerprint density at radius 1 is 1.13 bits per heavy atom. The van der Waals surface area contributed by atoms with Crippen LogP contribution in [0.1, 0.15) is 37.7 Å². The van der Waals surface area contributed by atoms with E-state index in [0.717, 1.165) is 49.9 Å². The van der Waals surface area contributed by atoms with Crippen molar-refractivity contribution in [2.24, 2.45) is 23.7 Å². The lowest BCUT2D eigenvalue weighted by Crippen LogP contribution is -2.40. The van der Waals surface area contributed by atoms with Crippen molar-refractivity contribution < 1.29 is 9.53 Å². The summed E-state index contributed by atoms with van der Waals surface area (Å²) >= 11 is 0. The van der Waals surface area contributed by atoms with Gasteiger partial charge in [0.2, 0.25) is 5.91 Å². The number of fused-ring (bicyclic) bond motifs is 1. The maximum absolute atomic E-state index is 12.6. The Labute approximate surface area is 139 Å². The van der Waals surface area contributed by atoms with Crippen molar-refractivity contribution in [3.05, 3.63) is 29.8 Å². The molecule has 2 saturated carbocycles. The highest BCUT2D eigenvalue weighted by molar-refractivity contribution is 5.82. The average Bonchev–Trinajstić information content (AvgIpc) is 3.07. The Balaban J connectivity index is 1.30. The molecular weight excluding hydrogens is 286 g/mol. The molecule has 3 fully saturated rings. The van der Waals surface area contributed by atoms with E-state index in [9.17, 15) is 4.79 Å². The zero-order valence-electron chi connectivity index (χ0n) is 14.0. The Morgan fingerprint density at radius 2 is 1.83 bits per heavy atom. The fraction of sp³-hybridized carbons (Fsp3) is 0.650.